The van der Waals surface area contributed by atoms with Crippen LogP contribution in [0.15, 0.2) is 65.1 Å². The molecular formula is C24H24BrClN2O3. The molecule has 3 rings (SSSR count). The quantitative estimate of drug-likeness (QED) is 0.353. The Kier molecular flexibility index (Phi) is 8.20. The van der Waals surface area contributed by atoms with Gasteiger partial charge in [0.1, 0.15) is 0 Å². The van der Waals surface area contributed by atoms with E-state index in [4.69, 9.17) is 21.1 Å². The van der Waals surface area contributed by atoms with Crippen LogP contribution in [0.1, 0.15) is 18.1 Å². The molecule has 2 N–H and O–H groups in total. The normalized spacial score (nSPS) is 10.5. The summed E-state index contributed by atoms with van der Waals surface area (Å²) in [4.78, 5) is 12.3. The van der Waals surface area contributed by atoms with E-state index >= 15 is 0 Å². The maximum Gasteiger partial charge on any atom is 0.262 e. The maximum atomic E-state index is 12.3. The molecule has 7 heteroatoms. The van der Waals surface area contributed by atoms with Gasteiger partial charge in [0.05, 0.1) is 11.1 Å². The molecule has 0 fully saturated rings. The molecule has 0 unspecified atom stereocenters. The van der Waals surface area contributed by atoms with Crippen molar-refractivity contribution in [3.63, 3.8) is 0 Å². The lowest BCUT2D eigenvalue weighted by molar-refractivity contribution is -0.118. The summed E-state index contributed by atoms with van der Waals surface area (Å²) in [6.45, 7) is 4.82. The van der Waals surface area contributed by atoms with Crippen molar-refractivity contribution in [2.24, 2.45) is 0 Å². The molecule has 1 amide bonds. The molecule has 0 aromatic heterocycles. The standard InChI is InChI=1S/C24H24BrClN2O3/c1-3-30-22-13-17(14-27-19-9-7-18(26)8-10-19)12-21(25)24(22)31-15-23(29)28-20-6-4-5-16(2)11-20/h4-13,27H,3,14-15H2,1-2H3,(H,28,29). The summed E-state index contributed by atoms with van der Waals surface area (Å²) < 4.78 is 12.3. The van der Waals surface area contributed by atoms with Crippen molar-refractivity contribution in [2.75, 3.05) is 23.8 Å². The lowest BCUT2D eigenvalue weighted by atomic mass is 10.2. The molecule has 0 heterocycles. The Balaban J connectivity index is 1.66. The first-order valence-electron chi connectivity index (χ1n) is 9.88. The van der Waals surface area contributed by atoms with Crippen LogP contribution < -0.4 is 20.1 Å². The van der Waals surface area contributed by atoms with Crippen molar-refractivity contribution < 1.29 is 14.3 Å². The van der Waals surface area contributed by atoms with Crippen LogP contribution in [0.25, 0.3) is 0 Å². The Bertz CT molecular complexity index is 1040. The SMILES string of the molecule is CCOc1cc(CNc2ccc(Cl)cc2)cc(Br)c1OCC(=O)Nc1cccc(C)c1. The molecule has 3 aromatic carbocycles. The summed E-state index contributed by atoms with van der Waals surface area (Å²) in [6, 6.07) is 19.0. The van der Waals surface area contributed by atoms with Gasteiger partial charge >= 0.3 is 0 Å². The second kappa shape index (κ2) is 11.1. The Morgan fingerprint density at radius 2 is 1.81 bits per heavy atom. The summed E-state index contributed by atoms with van der Waals surface area (Å²) in [7, 11) is 0. The summed E-state index contributed by atoms with van der Waals surface area (Å²) in [5, 5.41) is 6.88. The van der Waals surface area contributed by atoms with Gasteiger partial charge in [-0.3, -0.25) is 4.79 Å². The summed E-state index contributed by atoms with van der Waals surface area (Å²) in [5.41, 5.74) is 3.78. The van der Waals surface area contributed by atoms with Crippen LogP contribution in [0.5, 0.6) is 11.5 Å². The first-order chi connectivity index (χ1) is 14.9. The van der Waals surface area contributed by atoms with E-state index < -0.39 is 0 Å². The number of carbonyl (C=O) groups is 1. The van der Waals surface area contributed by atoms with E-state index in [0.717, 1.165) is 27.0 Å². The van der Waals surface area contributed by atoms with E-state index in [-0.39, 0.29) is 12.5 Å². The minimum atomic E-state index is -0.242. The molecule has 162 valence electrons. The van der Waals surface area contributed by atoms with Gasteiger partial charge in [0.15, 0.2) is 18.1 Å². The number of rotatable bonds is 9. The average molecular weight is 504 g/mol. The van der Waals surface area contributed by atoms with Crippen LogP contribution in [0, 0.1) is 6.92 Å². The zero-order valence-corrected chi connectivity index (χ0v) is 19.7. The topological polar surface area (TPSA) is 59.6 Å². The number of anilines is 2. The zero-order chi connectivity index (χ0) is 22.2. The molecule has 3 aromatic rings. The van der Waals surface area contributed by atoms with Gasteiger partial charge in [-0.25, -0.2) is 0 Å². The van der Waals surface area contributed by atoms with E-state index in [9.17, 15) is 4.79 Å². The third kappa shape index (κ3) is 6.91. The van der Waals surface area contributed by atoms with Gasteiger partial charge in [0, 0.05) is 22.9 Å². The van der Waals surface area contributed by atoms with Gasteiger partial charge in [-0.2, -0.15) is 0 Å². The largest absolute Gasteiger partial charge is 0.490 e. The highest BCUT2D eigenvalue weighted by molar-refractivity contribution is 9.10. The van der Waals surface area contributed by atoms with Crippen molar-refractivity contribution in [2.45, 2.75) is 20.4 Å². The van der Waals surface area contributed by atoms with Crippen molar-refractivity contribution in [1.82, 2.24) is 0 Å². The van der Waals surface area contributed by atoms with Crippen molar-refractivity contribution in [1.29, 1.82) is 0 Å². The predicted octanol–water partition coefficient (Wildman–Crippen LogP) is 6.44. The van der Waals surface area contributed by atoms with Crippen molar-refractivity contribution >= 4 is 44.8 Å². The second-order valence-corrected chi connectivity index (χ2v) is 8.20. The van der Waals surface area contributed by atoms with Crippen LogP contribution in [0.4, 0.5) is 11.4 Å². The van der Waals surface area contributed by atoms with Crippen molar-refractivity contribution in [3.05, 3.63) is 81.3 Å². The number of nitrogens with one attached hydrogen (secondary N) is 2. The number of amides is 1. The first-order valence-corrected chi connectivity index (χ1v) is 11.1. The third-order valence-corrected chi connectivity index (χ3v) is 5.20. The molecule has 0 spiro atoms. The van der Waals surface area contributed by atoms with E-state index in [1.807, 2.05) is 74.5 Å². The number of ether oxygens (including phenoxy) is 2. The molecule has 0 atom stereocenters. The molecule has 31 heavy (non-hydrogen) atoms. The lowest BCUT2D eigenvalue weighted by Gasteiger charge is -2.16. The Labute approximate surface area is 195 Å². The van der Waals surface area contributed by atoms with Crippen LogP contribution in [0.3, 0.4) is 0 Å². The highest BCUT2D eigenvalue weighted by atomic mass is 79.9. The lowest BCUT2D eigenvalue weighted by Crippen LogP contribution is -2.20. The maximum absolute atomic E-state index is 12.3. The molecule has 0 aliphatic heterocycles. The summed E-state index contributed by atoms with van der Waals surface area (Å²) in [5.74, 6) is 0.832. The summed E-state index contributed by atoms with van der Waals surface area (Å²) >= 11 is 9.48. The number of hydrogen-bond donors (Lipinski definition) is 2. The molecule has 5 nitrogen and oxygen atoms in total. The number of benzene rings is 3. The van der Waals surface area contributed by atoms with Gasteiger partial charge < -0.3 is 20.1 Å². The van der Waals surface area contributed by atoms with Crippen molar-refractivity contribution in [3.8, 4) is 11.5 Å². The zero-order valence-electron chi connectivity index (χ0n) is 17.4. The van der Waals surface area contributed by atoms with Crippen LogP contribution >= 0.6 is 27.5 Å². The fourth-order valence-electron chi connectivity index (χ4n) is 2.96. The van der Waals surface area contributed by atoms with Gasteiger partial charge in [0.25, 0.3) is 5.91 Å². The highest BCUT2D eigenvalue weighted by Crippen LogP contribution is 2.37. The van der Waals surface area contributed by atoms with Gasteiger partial charge in [0.2, 0.25) is 0 Å². The number of carbonyl (C=O) groups excluding carboxylic acids is 1. The van der Waals surface area contributed by atoms with Gasteiger partial charge in [-0.15, -0.1) is 0 Å². The predicted molar refractivity (Wildman–Crippen MR) is 129 cm³/mol. The van der Waals surface area contributed by atoms with E-state index in [2.05, 4.69) is 26.6 Å². The smallest absolute Gasteiger partial charge is 0.262 e. The van der Waals surface area contributed by atoms with E-state index in [1.165, 1.54) is 0 Å². The third-order valence-electron chi connectivity index (χ3n) is 4.36. The van der Waals surface area contributed by atoms with E-state index in [1.54, 1.807) is 0 Å². The van der Waals surface area contributed by atoms with E-state index in [0.29, 0.717) is 29.7 Å². The van der Waals surface area contributed by atoms with Gasteiger partial charge in [-0.1, -0.05) is 23.7 Å². The van der Waals surface area contributed by atoms with Crippen LogP contribution in [-0.4, -0.2) is 19.1 Å². The second-order valence-electron chi connectivity index (χ2n) is 6.90. The Morgan fingerprint density at radius 1 is 1.03 bits per heavy atom. The molecule has 0 aliphatic carbocycles. The molecule has 0 saturated carbocycles. The molecule has 0 aliphatic rings. The van der Waals surface area contributed by atoms with Crippen LogP contribution in [-0.2, 0) is 11.3 Å². The number of halogens is 2. The Morgan fingerprint density at radius 3 is 2.52 bits per heavy atom. The molecule has 0 bridgehead atoms. The Hall–Kier alpha value is -2.70. The first kappa shape index (κ1) is 23.0. The molecule has 0 saturated heterocycles. The van der Waals surface area contributed by atoms with Gasteiger partial charge in [-0.05, 0) is 89.4 Å². The van der Waals surface area contributed by atoms with Crippen LogP contribution in [0.2, 0.25) is 5.02 Å². The summed E-state index contributed by atoms with van der Waals surface area (Å²) in [6.07, 6.45) is 0. The minimum Gasteiger partial charge on any atom is -0.490 e. The number of hydrogen-bond acceptors (Lipinski definition) is 4. The molecule has 0 radical (unpaired) electrons. The highest BCUT2D eigenvalue weighted by Gasteiger charge is 2.14. The molecular weight excluding hydrogens is 480 g/mol. The average Bonchev–Trinajstić information content (AvgIpc) is 2.73. The number of aryl methyl sites for hydroxylation is 1. The monoisotopic (exact) mass is 502 g/mol. The minimum absolute atomic E-state index is 0.130. The fourth-order valence-corrected chi connectivity index (χ4v) is 3.69. The fraction of sp³-hybridized carbons (Fsp3) is 0.208.